The van der Waals surface area contributed by atoms with Crippen molar-refractivity contribution in [3.05, 3.63) is 29.8 Å². The predicted molar refractivity (Wildman–Crippen MR) is 71.8 cm³/mol. The van der Waals surface area contributed by atoms with Crippen LogP contribution in [0.2, 0.25) is 0 Å². The first kappa shape index (κ1) is 15.4. The third kappa shape index (κ3) is 5.11. The third-order valence-electron chi connectivity index (χ3n) is 3.14. The molecule has 21 heavy (non-hydrogen) atoms. The first-order valence-corrected chi connectivity index (χ1v) is 6.63. The van der Waals surface area contributed by atoms with Crippen LogP contribution >= 0.6 is 0 Å². The first-order valence-electron chi connectivity index (χ1n) is 6.63. The topological polar surface area (TPSA) is 69.6 Å². The molecule has 1 aromatic rings. The van der Waals surface area contributed by atoms with E-state index in [4.69, 9.17) is 5.11 Å². The van der Waals surface area contributed by atoms with Crippen molar-refractivity contribution in [1.82, 2.24) is 4.90 Å². The second-order valence-electron chi connectivity index (χ2n) is 5.18. The number of rotatable bonds is 7. The highest BCUT2D eigenvalue weighted by molar-refractivity contribution is 5.92. The Kier molecular flexibility index (Phi) is 4.85. The van der Waals surface area contributed by atoms with Gasteiger partial charge in [-0.2, -0.15) is 0 Å². The number of amides is 1. The first-order chi connectivity index (χ1) is 9.94. The van der Waals surface area contributed by atoms with Crippen molar-refractivity contribution in [1.29, 1.82) is 0 Å². The van der Waals surface area contributed by atoms with Gasteiger partial charge in [0.05, 0.1) is 13.1 Å². The normalized spacial score (nSPS) is 14.2. The number of hydrogen-bond acceptors (Lipinski definition) is 3. The second-order valence-corrected chi connectivity index (χ2v) is 5.18. The fraction of sp³-hybridized carbons (Fsp3) is 0.429. The van der Waals surface area contributed by atoms with Crippen LogP contribution < -0.4 is 5.32 Å². The van der Waals surface area contributed by atoms with E-state index in [1.54, 1.807) is 0 Å². The molecule has 1 amide bonds. The number of nitrogens with zero attached hydrogens (tertiary/aromatic N) is 1. The van der Waals surface area contributed by atoms with E-state index in [9.17, 15) is 18.4 Å². The van der Waals surface area contributed by atoms with Crippen molar-refractivity contribution < 1.29 is 23.5 Å². The summed E-state index contributed by atoms with van der Waals surface area (Å²) in [6.07, 6.45) is 2.09. The van der Waals surface area contributed by atoms with E-state index in [2.05, 4.69) is 5.32 Å². The minimum atomic E-state index is -1.05. The standard InChI is InChI=1S/C14H16F2N2O3/c15-11-4-3-10(5-12(11)16)17-13(19)7-18(8-14(20)21)6-9-1-2-9/h3-5,9H,1-2,6-8H2,(H,17,19)(H,20,21). The molecule has 0 bridgehead atoms. The molecule has 0 spiro atoms. The number of anilines is 1. The number of halogens is 2. The van der Waals surface area contributed by atoms with Gasteiger partial charge in [0.2, 0.25) is 5.91 Å². The van der Waals surface area contributed by atoms with Gasteiger partial charge in [-0.3, -0.25) is 14.5 Å². The third-order valence-corrected chi connectivity index (χ3v) is 3.14. The minimum absolute atomic E-state index is 0.0954. The summed E-state index contributed by atoms with van der Waals surface area (Å²) >= 11 is 0. The summed E-state index contributed by atoms with van der Waals surface area (Å²) in [6.45, 7) is 0.237. The molecule has 7 heteroatoms. The van der Waals surface area contributed by atoms with Crippen LogP contribution in [0.25, 0.3) is 0 Å². The zero-order valence-corrected chi connectivity index (χ0v) is 11.3. The molecule has 0 atom stereocenters. The lowest BCUT2D eigenvalue weighted by Crippen LogP contribution is -2.38. The number of carboxylic acids is 1. The smallest absolute Gasteiger partial charge is 0.317 e. The van der Waals surface area contributed by atoms with Crippen molar-refractivity contribution in [3.8, 4) is 0 Å². The summed E-state index contributed by atoms with van der Waals surface area (Å²) in [7, 11) is 0. The number of nitrogens with one attached hydrogen (secondary N) is 1. The average Bonchev–Trinajstić information content (AvgIpc) is 3.16. The maximum atomic E-state index is 13.0. The molecule has 0 heterocycles. The van der Waals surface area contributed by atoms with Gasteiger partial charge >= 0.3 is 5.97 Å². The van der Waals surface area contributed by atoms with Crippen LogP contribution in [0.5, 0.6) is 0 Å². The Morgan fingerprint density at radius 2 is 1.95 bits per heavy atom. The fourth-order valence-corrected chi connectivity index (χ4v) is 2.02. The van der Waals surface area contributed by atoms with Crippen LogP contribution in [0.4, 0.5) is 14.5 Å². The summed E-state index contributed by atoms with van der Waals surface area (Å²) in [6, 6.07) is 3.05. The van der Waals surface area contributed by atoms with Crippen LogP contribution in [0.3, 0.4) is 0 Å². The molecule has 1 aliphatic rings. The Labute approximate surface area is 120 Å². The molecule has 5 nitrogen and oxygen atoms in total. The van der Waals surface area contributed by atoms with Crippen LogP contribution in [0.1, 0.15) is 12.8 Å². The fourth-order valence-electron chi connectivity index (χ4n) is 2.02. The highest BCUT2D eigenvalue weighted by Gasteiger charge is 2.26. The maximum absolute atomic E-state index is 13.0. The van der Waals surface area contributed by atoms with E-state index < -0.39 is 23.5 Å². The van der Waals surface area contributed by atoms with Gasteiger partial charge < -0.3 is 10.4 Å². The molecule has 0 aromatic heterocycles. The molecule has 1 fully saturated rings. The molecule has 1 aliphatic carbocycles. The van der Waals surface area contributed by atoms with Gasteiger partial charge in [-0.05, 0) is 30.9 Å². The van der Waals surface area contributed by atoms with Crippen molar-refractivity contribution in [3.63, 3.8) is 0 Å². The zero-order chi connectivity index (χ0) is 15.4. The van der Waals surface area contributed by atoms with Crippen LogP contribution in [0, 0.1) is 17.6 Å². The molecular formula is C14H16F2N2O3. The average molecular weight is 298 g/mol. The van der Waals surface area contributed by atoms with Crippen LogP contribution in [-0.2, 0) is 9.59 Å². The van der Waals surface area contributed by atoms with Gasteiger partial charge in [0.15, 0.2) is 11.6 Å². The van der Waals surface area contributed by atoms with Gasteiger partial charge in [0.1, 0.15) is 0 Å². The van der Waals surface area contributed by atoms with E-state index in [1.807, 2.05) is 0 Å². The van der Waals surface area contributed by atoms with E-state index in [0.29, 0.717) is 12.5 Å². The molecule has 0 saturated heterocycles. The van der Waals surface area contributed by atoms with E-state index in [-0.39, 0.29) is 18.8 Å². The quantitative estimate of drug-likeness (QED) is 0.804. The van der Waals surface area contributed by atoms with E-state index >= 15 is 0 Å². The Bertz CT molecular complexity index is 547. The Hall–Kier alpha value is -2.02. The Morgan fingerprint density at radius 1 is 1.24 bits per heavy atom. The highest BCUT2D eigenvalue weighted by atomic mass is 19.2. The van der Waals surface area contributed by atoms with Gasteiger partial charge in [-0.1, -0.05) is 0 Å². The Balaban J connectivity index is 1.90. The van der Waals surface area contributed by atoms with Gasteiger partial charge in [0, 0.05) is 18.3 Å². The zero-order valence-electron chi connectivity index (χ0n) is 11.3. The lowest BCUT2D eigenvalue weighted by atomic mass is 10.3. The molecule has 114 valence electrons. The lowest BCUT2D eigenvalue weighted by Gasteiger charge is -2.19. The van der Waals surface area contributed by atoms with Crippen molar-refractivity contribution in [2.24, 2.45) is 5.92 Å². The number of aliphatic carboxylic acids is 1. The SMILES string of the molecule is O=C(O)CN(CC(=O)Nc1ccc(F)c(F)c1)CC1CC1. The molecule has 1 saturated carbocycles. The van der Waals surface area contributed by atoms with E-state index in [1.165, 1.54) is 11.0 Å². The summed E-state index contributed by atoms with van der Waals surface area (Å²) in [5.74, 6) is -3.05. The summed E-state index contributed by atoms with van der Waals surface area (Å²) in [4.78, 5) is 24.1. The predicted octanol–water partition coefficient (Wildman–Crippen LogP) is 1.70. The van der Waals surface area contributed by atoms with Gasteiger partial charge in [-0.25, -0.2) is 8.78 Å². The van der Waals surface area contributed by atoms with Gasteiger partial charge in [0.25, 0.3) is 0 Å². The lowest BCUT2D eigenvalue weighted by molar-refractivity contribution is -0.138. The molecule has 0 unspecified atom stereocenters. The van der Waals surface area contributed by atoms with Crippen molar-refractivity contribution in [2.75, 3.05) is 25.0 Å². The van der Waals surface area contributed by atoms with Gasteiger partial charge in [-0.15, -0.1) is 0 Å². The molecule has 0 aliphatic heterocycles. The summed E-state index contributed by atoms with van der Waals surface area (Å²) < 4.78 is 25.8. The summed E-state index contributed by atoms with van der Waals surface area (Å²) in [5.41, 5.74) is 0.139. The van der Waals surface area contributed by atoms with Crippen LogP contribution in [0.15, 0.2) is 18.2 Å². The van der Waals surface area contributed by atoms with Crippen molar-refractivity contribution in [2.45, 2.75) is 12.8 Å². The molecule has 2 N–H and O–H groups in total. The number of benzene rings is 1. The largest absolute Gasteiger partial charge is 0.480 e. The van der Waals surface area contributed by atoms with Crippen molar-refractivity contribution >= 4 is 17.6 Å². The number of carbonyl (C=O) groups is 2. The van der Waals surface area contributed by atoms with E-state index in [0.717, 1.165) is 25.0 Å². The monoisotopic (exact) mass is 298 g/mol. The number of carboxylic acid groups (broad SMARTS) is 1. The Morgan fingerprint density at radius 3 is 2.52 bits per heavy atom. The summed E-state index contributed by atoms with van der Waals surface area (Å²) in [5, 5.41) is 11.2. The molecular weight excluding hydrogens is 282 g/mol. The molecule has 2 rings (SSSR count). The number of hydrogen-bond donors (Lipinski definition) is 2. The molecule has 1 aromatic carbocycles. The minimum Gasteiger partial charge on any atom is -0.480 e. The highest BCUT2D eigenvalue weighted by Crippen LogP contribution is 2.29. The number of carbonyl (C=O) groups excluding carboxylic acids is 1. The maximum Gasteiger partial charge on any atom is 0.317 e. The molecule has 0 radical (unpaired) electrons. The second kappa shape index (κ2) is 6.62. The van der Waals surface area contributed by atoms with Crippen LogP contribution in [-0.4, -0.2) is 41.5 Å².